The Hall–Kier alpha value is -1.78. The lowest BCUT2D eigenvalue weighted by Gasteiger charge is -2.03. The van der Waals surface area contributed by atoms with Crippen LogP contribution in [0.5, 0.6) is 0 Å². The predicted molar refractivity (Wildman–Crippen MR) is 63.9 cm³/mol. The molecule has 0 aromatic carbocycles. The van der Waals surface area contributed by atoms with Gasteiger partial charge in [-0.1, -0.05) is 13.8 Å². The molecule has 0 aliphatic rings. The number of rotatable bonds is 3. The van der Waals surface area contributed by atoms with Crippen molar-refractivity contribution in [3.8, 4) is 0 Å². The molecule has 5 heteroatoms. The number of fused-ring (bicyclic) bond motifs is 1. The van der Waals surface area contributed by atoms with E-state index in [9.17, 15) is 0 Å². The van der Waals surface area contributed by atoms with Gasteiger partial charge in [0.2, 0.25) is 0 Å². The van der Waals surface area contributed by atoms with Crippen LogP contribution < -0.4 is 0 Å². The highest BCUT2D eigenvalue weighted by Gasteiger charge is 2.05. The summed E-state index contributed by atoms with van der Waals surface area (Å²) in [5.74, 6) is 1.27. The SMILES string of the molecule is CC(CC(C)C)=Nc1ncnc2nc[nH]c12. The molecular formula is C11H15N5. The van der Waals surface area contributed by atoms with Crippen LogP contribution in [0.1, 0.15) is 27.2 Å². The maximum Gasteiger partial charge on any atom is 0.182 e. The first-order valence-corrected chi connectivity index (χ1v) is 5.35. The summed E-state index contributed by atoms with van der Waals surface area (Å²) in [4.78, 5) is 19.8. The van der Waals surface area contributed by atoms with Crippen molar-refractivity contribution < 1.29 is 0 Å². The second-order valence-corrected chi connectivity index (χ2v) is 4.24. The van der Waals surface area contributed by atoms with Crippen LogP contribution in [0.4, 0.5) is 5.82 Å². The van der Waals surface area contributed by atoms with Crippen molar-refractivity contribution in [2.24, 2.45) is 10.9 Å². The Morgan fingerprint density at radius 1 is 1.38 bits per heavy atom. The number of hydrogen-bond donors (Lipinski definition) is 1. The summed E-state index contributed by atoms with van der Waals surface area (Å²) < 4.78 is 0. The van der Waals surface area contributed by atoms with Crippen molar-refractivity contribution in [1.82, 2.24) is 19.9 Å². The van der Waals surface area contributed by atoms with Crippen molar-refractivity contribution in [3.05, 3.63) is 12.7 Å². The molecule has 0 bridgehead atoms. The van der Waals surface area contributed by atoms with Gasteiger partial charge in [-0.25, -0.2) is 19.9 Å². The smallest absolute Gasteiger partial charge is 0.182 e. The van der Waals surface area contributed by atoms with E-state index in [-0.39, 0.29) is 0 Å². The number of nitrogens with zero attached hydrogens (tertiary/aromatic N) is 4. The highest BCUT2D eigenvalue weighted by molar-refractivity contribution is 5.89. The third kappa shape index (κ3) is 2.24. The Morgan fingerprint density at radius 3 is 2.94 bits per heavy atom. The highest BCUT2D eigenvalue weighted by atomic mass is 15.0. The first-order valence-electron chi connectivity index (χ1n) is 5.35. The van der Waals surface area contributed by atoms with Crippen molar-refractivity contribution in [1.29, 1.82) is 0 Å². The number of nitrogens with one attached hydrogen (secondary N) is 1. The number of aromatic nitrogens is 4. The molecule has 2 aromatic rings. The van der Waals surface area contributed by atoms with Crippen LogP contribution in [0.3, 0.4) is 0 Å². The van der Waals surface area contributed by atoms with Gasteiger partial charge in [0.15, 0.2) is 11.5 Å². The van der Waals surface area contributed by atoms with Crippen molar-refractivity contribution in [3.63, 3.8) is 0 Å². The van der Waals surface area contributed by atoms with Gasteiger partial charge in [-0.15, -0.1) is 0 Å². The third-order valence-corrected chi connectivity index (χ3v) is 2.20. The van der Waals surface area contributed by atoms with E-state index in [4.69, 9.17) is 0 Å². The van der Waals surface area contributed by atoms with E-state index in [0.717, 1.165) is 17.6 Å². The van der Waals surface area contributed by atoms with Crippen LogP contribution in [-0.4, -0.2) is 25.6 Å². The first-order chi connectivity index (χ1) is 7.66. The topological polar surface area (TPSA) is 66.8 Å². The molecule has 0 spiro atoms. The zero-order valence-electron chi connectivity index (χ0n) is 9.73. The van der Waals surface area contributed by atoms with Crippen LogP contribution in [0.15, 0.2) is 17.6 Å². The van der Waals surface area contributed by atoms with E-state index >= 15 is 0 Å². The Labute approximate surface area is 94.1 Å². The predicted octanol–water partition coefficient (Wildman–Crippen LogP) is 2.49. The Kier molecular flexibility index (Phi) is 2.94. The van der Waals surface area contributed by atoms with Crippen LogP contribution in [-0.2, 0) is 0 Å². The van der Waals surface area contributed by atoms with Crippen molar-refractivity contribution in [2.45, 2.75) is 27.2 Å². The molecule has 0 saturated carbocycles. The van der Waals surface area contributed by atoms with Gasteiger partial charge >= 0.3 is 0 Å². The normalized spacial score (nSPS) is 12.6. The van der Waals surface area contributed by atoms with E-state index in [0.29, 0.717) is 17.4 Å². The van der Waals surface area contributed by atoms with Gasteiger partial charge in [-0.05, 0) is 19.3 Å². The summed E-state index contributed by atoms with van der Waals surface area (Å²) >= 11 is 0. The minimum Gasteiger partial charge on any atom is -0.340 e. The quantitative estimate of drug-likeness (QED) is 0.803. The Morgan fingerprint density at radius 2 is 2.19 bits per heavy atom. The molecule has 0 aliphatic heterocycles. The molecule has 2 aromatic heterocycles. The third-order valence-electron chi connectivity index (χ3n) is 2.20. The second kappa shape index (κ2) is 4.38. The molecule has 0 aliphatic carbocycles. The maximum atomic E-state index is 4.49. The van der Waals surface area contributed by atoms with E-state index in [1.54, 1.807) is 6.33 Å². The standard InChI is InChI=1S/C11H15N5/c1-7(2)4-8(3)16-11-9-10(13-5-12-9)14-6-15-11/h5-7H,4H2,1-3H3,(H,12,13,14,15). The number of imidazole rings is 1. The molecule has 0 atom stereocenters. The lowest BCUT2D eigenvalue weighted by molar-refractivity contribution is 0.682. The Bertz CT molecular complexity index is 512. The molecule has 0 saturated heterocycles. The summed E-state index contributed by atoms with van der Waals surface area (Å²) in [6, 6.07) is 0. The van der Waals surface area contributed by atoms with Crippen molar-refractivity contribution >= 4 is 22.7 Å². The van der Waals surface area contributed by atoms with Gasteiger partial charge in [-0.3, -0.25) is 0 Å². The summed E-state index contributed by atoms with van der Waals surface area (Å²) in [5, 5.41) is 0. The molecule has 0 radical (unpaired) electrons. The molecule has 2 heterocycles. The molecule has 0 amide bonds. The van der Waals surface area contributed by atoms with Gasteiger partial charge in [-0.2, -0.15) is 0 Å². The Balaban J connectivity index is 2.36. The van der Waals surface area contributed by atoms with Gasteiger partial charge < -0.3 is 4.98 Å². The van der Waals surface area contributed by atoms with Crippen LogP contribution >= 0.6 is 0 Å². The van der Waals surface area contributed by atoms with Crippen LogP contribution in [0.25, 0.3) is 11.2 Å². The summed E-state index contributed by atoms with van der Waals surface area (Å²) in [6.07, 6.45) is 4.07. The van der Waals surface area contributed by atoms with Gasteiger partial charge in [0.25, 0.3) is 0 Å². The van der Waals surface area contributed by atoms with Gasteiger partial charge in [0, 0.05) is 5.71 Å². The van der Waals surface area contributed by atoms with Crippen molar-refractivity contribution in [2.75, 3.05) is 0 Å². The molecule has 16 heavy (non-hydrogen) atoms. The number of aliphatic imine (C=N–C) groups is 1. The molecule has 5 nitrogen and oxygen atoms in total. The molecular weight excluding hydrogens is 202 g/mol. The van der Waals surface area contributed by atoms with Crippen LogP contribution in [0, 0.1) is 5.92 Å². The van der Waals surface area contributed by atoms with Gasteiger partial charge in [0.1, 0.15) is 11.8 Å². The lowest BCUT2D eigenvalue weighted by Crippen LogP contribution is -1.97. The van der Waals surface area contributed by atoms with Crippen LogP contribution in [0.2, 0.25) is 0 Å². The summed E-state index contributed by atoms with van der Waals surface area (Å²) in [6.45, 7) is 6.36. The first kappa shape index (κ1) is 10.7. The monoisotopic (exact) mass is 217 g/mol. The minimum absolute atomic E-state index is 0.600. The molecule has 2 rings (SSSR count). The van der Waals surface area contributed by atoms with E-state index in [1.807, 2.05) is 6.92 Å². The summed E-state index contributed by atoms with van der Waals surface area (Å²) in [5.41, 5.74) is 2.53. The lowest BCUT2D eigenvalue weighted by atomic mass is 10.1. The number of H-pyrrole nitrogens is 1. The van der Waals surface area contributed by atoms with E-state index < -0.39 is 0 Å². The van der Waals surface area contributed by atoms with E-state index in [2.05, 4.69) is 38.8 Å². The zero-order valence-corrected chi connectivity index (χ0v) is 9.73. The number of aromatic amines is 1. The maximum absolute atomic E-state index is 4.49. The average Bonchev–Trinajstić information content (AvgIpc) is 2.65. The second-order valence-electron chi connectivity index (χ2n) is 4.24. The largest absolute Gasteiger partial charge is 0.340 e. The molecule has 1 N–H and O–H groups in total. The fourth-order valence-electron chi connectivity index (χ4n) is 1.65. The molecule has 0 unspecified atom stereocenters. The highest BCUT2D eigenvalue weighted by Crippen LogP contribution is 2.18. The molecule has 0 fully saturated rings. The fourth-order valence-corrected chi connectivity index (χ4v) is 1.65. The average molecular weight is 217 g/mol. The number of hydrogen-bond acceptors (Lipinski definition) is 4. The van der Waals surface area contributed by atoms with Gasteiger partial charge in [0.05, 0.1) is 6.33 Å². The summed E-state index contributed by atoms with van der Waals surface area (Å²) in [7, 11) is 0. The van der Waals surface area contributed by atoms with E-state index in [1.165, 1.54) is 6.33 Å². The fraction of sp³-hybridized carbons (Fsp3) is 0.455. The molecule has 84 valence electrons. The zero-order chi connectivity index (χ0) is 11.5. The minimum atomic E-state index is 0.600.